The maximum atomic E-state index is 11.1. The molecule has 0 bridgehead atoms. The van der Waals surface area contributed by atoms with Gasteiger partial charge in [-0.05, 0) is 6.92 Å². The van der Waals surface area contributed by atoms with Gasteiger partial charge in [0.25, 0.3) is 0 Å². The maximum Gasteiger partial charge on any atom is 0.353 e. The van der Waals surface area contributed by atoms with E-state index in [1.165, 1.54) is 6.33 Å². The molecule has 10 heteroatoms. The molecule has 106 valence electrons. The van der Waals surface area contributed by atoms with E-state index in [0.717, 1.165) is 0 Å². The molecule has 2 N–H and O–H groups in total. The Hall–Kier alpha value is -2.78. The standard InChI is InChI=1S/C10H14N8O2/c1-3-11-9-8(18(19)20)10(14-5-13-9)12-4-7-15-6-17(2)16-7/h5-6H,3-4H2,1-2H3,(H2,11,12,13,14). The number of aryl methyl sites for hydroxylation is 1. The predicted molar refractivity (Wildman–Crippen MR) is 71.2 cm³/mol. The van der Waals surface area contributed by atoms with Gasteiger partial charge in [-0.1, -0.05) is 0 Å². The van der Waals surface area contributed by atoms with Crippen LogP contribution in [0.1, 0.15) is 12.7 Å². The van der Waals surface area contributed by atoms with Gasteiger partial charge in [0, 0.05) is 13.6 Å². The molecule has 0 radical (unpaired) electrons. The molecule has 2 aromatic rings. The third kappa shape index (κ3) is 2.96. The van der Waals surface area contributed by atoms with E-state index in [9.17, 15) is 10.1 Å². The number of aromatic nitrogens is 5. The van der Waals surface area contributed by atoms with Crippen molar-refractivity contribution in [3.05, 3.63) is 28.6 Å². The van der Waals surface area contributed by atoms with Gasteiger partial charge < -0.3 is 10.6 Å². The molecule has 0 aliphatic rings. The lowest BCUT2D eigenvalue weighted by Crippen LogP contribution is -2.10. The largest absolute Gasteiger partial charge is 0.364 e. The first-order chi connectivity index (χ1) is 9.61. The van der Waals surface area contributed by atoms with Crippen molar-refractivity contribution in [1.29, 1.82) is 0 Å². The highest BCUT2D eigenvalue weighted by Crippen LogP contribution is 2.28. The summed E-state index contributed by atoms with van der Waals surface area (Å²) in [5, 5.41) is 20.9. The molecule has 0 saturated carbocycles. The number of anilines is 2. The van der Waals surface area contributed by atoms with Crippen LogP contribution >= 0.6 is 0 Å². The maximum absolute atomic E-state index is 11.1. The van der Waals surface area contributed by atoms with Crippen molar-refractivity contribution in [3.8, 4) is 0 Å². The van der Waals surface area contributed by atoms with Crippen molar-refractivity contribution in [3.63, 3.8) is 0 Å². The third-order valence-corrected chi connectivity index (χ3v) is 2.41. The SMILES string of the molecule is CCNc1ncnc(NCc2ncn(C)n2)c1[N+](=O)[O-]. The summed E-state index contributed by atoms with van der Waals surface area (Å²) in [6.07, 6.45) is 2.81. The molecule has 10 nitrogen and oxygen atoms in total. The summed E-state index contributed by atoms with van der Waals surface area (Å²) in [7, 11) is 1.74. The van der Waals surface area contributed by atoms with Crippen molar-refractivity contribution < 1.29 is 4.92 Å². The summed E-state index contributed by atoms with van der Waals surface area (Å²) < 4.78 is 1.55. The molecule has 2 rings (SSSR count). The fourth-order valence-electron chi connectivity index (χ4n) is 1.61. The molecule has 0 fully saturated rings. The molecule has 0 aliphatic heterocycles. The van der Waals surface area contributed by atoms with E-state index in [0.29, 0.717) is 12.4 Å². The van der Waals surface area contributed by atoms with Gasteiger partial charge in [0.1, 0.15) is 12.7 Å². The molecule has 0 atom stereocenters. The van der Waals surface area contributed by atoms with Crippen LogP contribution in [0.2, 0.25) is 0 Å². The number of nitro groups is 1. The van der Waals surface area contributed by atoms with Crippen LogP contribution in [0.5, 0.6) is 0 Å². The van der Waals surface area contributed by atoms with Crippen LogP contribution < -0.4 is 10.6 Å². The molecule has 0 aromatic carbocycles. The predicted octanol–water partition coefficient (Wildman–Crippen LogP) is 0.557. The van der Waals surface area contributed by atoms with Gasteiger partial charge >= 0.3 is 5.69 Å². The van der Waals surface area contributed by atoms with Crippen molar-refractivity contribution in [2.75, 3.05) is 17.2 Å². The second kappa shape index (κ2) is 5.91. The van der Waals surface area contributed by atoms with E-state index in [2.05, 4.69) is 30.7 Å². The van der Waals surface area contributed by atoms with E-state index < -0.39 is 4.92 Å². The number of nitrogens with zero attached hydrogens (tertiary/aromatic N) is 6. The molecule has 0 unspecified atom stereocenters. The van der Waals surface area contributed by atoms with Gasteiger partial charge in [-0.15, -0.1) is 0 Å². The fraction of sp³-hybridized carbons (Fsp3) is 0.400. The first kappa shape index (κ1) is 13.6. The average Bonchev–Trinajstić information content (AvgIpc) is 2.82. The molecule has 0 saturated heterocycles. The minimum absolute atomic E-state index is 0.133. The van der Waals surface area contributed by atoms with E-state index >= 15 is 0 Å². The number of hydrogen-bond acceptors (Lipinski definition) is 8. The van der Waals surface area contributed by atoms with Crippen LogP contribution in [0.15, 0.2) is 12.7 Å². The van der Waals surface area contributed by atoms with Crippen molar-refractivity contribution in [1.82, 2.24) is 24.7 Å². The normalized spacial score (nSPS) is 10.3. The zero-order valence-electron chi connectivity index (χ0n) is 11.1. The smallest absolute Gasteiger partial charge is 0.353 e. The zero-order chi connectivity index (χ0) is 14.5. The number of rotatable bonds is 6. The second-order valence-corrected chi connectivity index (χ2v) is 3.89. The lowest BCUT2D eigenvalue weighted by atomic mass is 10.4. The Balaban J connectivity index is 2.22. The van der Waals surface area contributed by atoms with Crippen LogP contribution in [0, 0.1) is 10.1 Å². The fourth-order valence-corrected chi connectivity index (χ4v) is 1.61. The van der Waals surface area contributed by atoms with E-state index in [1.807, 2.05) is 6.92 Å². The molecule has 2 aromatic heterocycles. The minimum Gasteiger partial charge on any atom is -0.364 e. The quantitative estimate of drug-likeness (QED) is 0.580. The Morgan fingerprint density at radius 2 is 2.00 bits per heavy atom. The molecule has 0 aliphatic carbocycles. The Morgan fingerprint density at radius 1 is 1.30 bits per heavy atom. The van der Waals surface area contributed by atoms with E-state index in [-0.39, 0.29) is 23.9 Å². The summed E-state index contributed by atoms with van der Waals surface area (Å²) in [4.78, 5) is 22.4. The summed E-state index contributed by atoms with van der Waals surface area (Å²) in [6.45, 7) is 2.60. The van der Waals surface area contributed by atoms with E-state index in [1.54, 1.807) is 18.1 Å². The van der Waals surface area contributed by atoms with Gasteiger partial charge in [0.2, 0.25) is 11.6 Å². The Kier molecular flexibility index (Phi) is 4.03. The Labute approximate surface area is 114 Å². The van der Waals surface area contributed by atoms with Gasteiger partial charge in [-0.25, -0.2) is 15.0 Å². The van der Waals surface area contributed by atoms with Crippen LogP contribution in [0.4, 0.5) is 17.3 Å². The van der Waals surface area contributed by atoms with Crippen molar-refractivity contribution in [2.45, 2.75) is 13.5 Å². The van der Waals surface area contributed by atoms with Crippen LogP contribution in [0.3, 0.4) is 0 Å². The zero-order valence-corrected chi connectivity index (χ0v) is 11.1. The average molecular weight is 278 g/mol. The van der Waals surface area contributed by atoms with Gasteiger partial charge in [0.15, 0.2) is 5.82 Å². The summed E-state index contributed by atoms with van der Waals surface area (Å²) in [5.74, 6) is 0.836. The van der Waals surface area contributed by atoms with Crippen molar-refractivity contribution >= 4 is 17.3 Å². The van der Waals surface area contributed by atoms with E-state index in [4.69, 9.17) is 0 Å². The van der Waals surface area contributed by atoms with Gasteiger partial charge in [0.05, 0.1) is 11.5 Å². The third-order valence-electron chi connectivity index (χ3n) is 2.41. The lowest BCUT2D eigenvalue weighted by molar-refractivity contribution is -0.383. The first-order valence-corrected chi connectivity index (χ1v) is 5.93. The van der Waals surface area contributed by atoms with Crippen LogP contribution in [-0.2, 0) is 13.6 Å². The molecule has 20 heavy (non-hydrogen) atoms. The molecule has 0 spiro atoms. The van der Waals surface area contributed by atoms with Gasteiger partial charge in [-0.3, -0.25) is 14.8 Å². The molecular formula is C10H14N8O2. The second-order valence-electron chi connectivity index (χ2n) is 3.89. The first-order valence-electron chi connectivity index (χ1n) is 5.93. The van der Waals surface area contributed by atoms with Gasteiger partial charge in [-0.2, -0.15) is 5.10 Å². The van der Waals surface area contributed by atoms with Crippen LogP contribution in [0.25, 0.3) is 0 Å². The Morgan fingerprint density at radius 3 is 2.55 bits per heavy atom. The number of nitrogens with one attached hydrogen (secondary N) is 2. The number of hydrogen-bond donors (Lipinski definition) is 2. The summed E-state index contributed by atoms with van der Waals surface area (Å²) in [5.41, 5.74) is -0.190. The topological polar surface area (TPSA) is 124 Å². The molecule has 0 amide bonds. The van der Waals surface area contributed by atoms with Crippen molar-refractivity contribution in [2.24, 2.45) is 7.05 Å². The Bertz CT molecular complexity index is 611. The summed E-state index contributed by atoms with van der Waals surface area (Å²) in [6, 6.07) is 0. The molecular weight excluding hydrogens is 264 g/mol. The van der Waals surface area contributed by atoms with Crippen LogP contribution in [-0.4, -0.2) is 36.2 Å². The minimum atomic E-state index is -0.522. The summed E-state index contributed by atoms with van der Waals surface area (Å²) >= 11 is 0. The lowest BCUT2D eigenvalue weighted by Gasteiger charge is -2.07. The highest BCUT2D eigenvalue weighted by Gasteiger charge is 2.22. The highest BCUT2D eigenvalue weighted by molar-refractivity contribution is 5.69. The molecule has 2 heterocycles. The highest BCUT2D eigenvalue weighted by atomic mass is 16.6. The monoisotopic (exact) mass is 278 g/mol.